The van der Waals surface area contributed by atoms with Crippen molar-refractivity contribution in [3.63, 3.8) is 0 Å². The van der Waals surface area contributed by atoms with Gasteiger partial charge in [0.1, 0.15) is 10.6 Å². The third kappa shape index (κ3) is 4.66. The molecule has 11 heteroatoms. The van der Waals surface area contributed by atoms with Crippen LogP contribution in [0.25, 0.3) is 0 Å². The van der Waals surface area contributed by atoms with Crippen LogP contribution < -0.4 is 10.1 Å². The standard InChI is InChI=1S/C17H21N3O6S2/c1-4-19(5-2)28(24,25)15-10-13(7-8-14(15)26-6-3)18-17(21)12-9-16(20(22)23)27-11-12/h7-11H,4-6H2,1-3H3,(H,18,21). The Bertz CT molecular complexity index is 967. The predicted octanol–water partition coefficient (Wildman–Crippen LogP) is 3.34. The van der Waals surface area contributed by atoms with Gasteiger partial charge in [-0.3, -0.25) is 14.9 Å². The molecule has 9 nitrogen and oxygen atoms in total. The normalized spacial score (nSPS) is 11.4. The number of ether oxygens (including phenoxy) is 1. The summed E-state index contributed by atoms with van der Waals surface area (Å²) in [6, 6.07) is 5.50. The van der Waals surface area contributed by atoms with E-state index >= 15 is 0 Å². The molecule has 1 N–H and O–H groups in total. The number of nitrogens with one attached hydrogen (secondary N) is 1. The van der Waals surface area contributed by atoms with Crippen LogP contribution in [0.15, 0.2) is 34.5 Å². The lowest BCUT2D eigenvalue weighted by atomic mass is 10.2. The second kappa shape index (κ2) is 9.13. The first kappa shape index (κ1) is 21.8. The van der Waals surface area contributed by atoms with Gasteiger partial charge in [0.2, 0.25) is 10.0 Å². The van der Waals surface area contributed by atoms with E-state index in [9.17, 15) is 23.3 Å². The van der Waals surface area contributed by atoms with Crippen LogP contribution in [0.1, 0.15) is 31.1 Å². The summed E-state index contributed by atoms with van der Waals surface area (Å²) in [5.41, 5.74) is 0.367. The van der Waals surface area contributed by atoms with Crippen LogP contribution in [0, 0.1) is 10.1 Å². The number of thiophene rings is 1. The van der Waals surface area contributed by atoms with Crippen molar-refractivity contribution >= 4 is 38.0 Å². The number of amides is 1. The van der Waals surface area contributed by atoms with Gasteiger partial charge in [-0.25, -0.2) is 8.42 Å². The number of anilines is 1. The number of carbonyl (C=O) groups excluding carboxylic acids is 1. The Morgan fingerprint density at radius 2 is 1.93 bits per heavy atom. The molecule has 0 aliphatic carbocycles. The van der Waals surface area contributed by atoms with E-state index in [0.717, 1.165) is 11.3 Å². The van der Waals surface area contributed by atoms with Gasteiger partial charge in [-0.15, -0.1) is 0 Å². The highest BCUT2D eigenvalue weighted by Crippen LogP contribution is 2.30. The molecule has 2 rings (SSSR count). The average Bonchev–Trinajstić information content (AvgIpc) is 3.14. The van der Waals surface area contributed by atoms with E-state index in [4.69, 9.17) is 4.74 Å². The summed E-state index contributed by atoms with van der Waals surface area (Å²) >= 11 is 0.840. The monoisotopic (exact) mass is 427 g/mol. The van der Waals surface area contributed by atoms with Gasteiger partial charge in [0.05, 0.1) is 17.1 Å². The SMILES string of the molecule is CCOc1ccc(NC(=O)c2csc([N+](=O)[O-])c2)cc1S(=O)(=O)N(CC)CC. The molecule has 0 bridgehead atoms. The highest BCUT2D eigenvalue weighted by molar-refractivity contribution is 7.89. The van der Waals surface area contributed by atoms with Crippen molar-refractivity contribution in [3.05, 3.63) is 45.3 Å². The van der Waals surface area contributed by atoms with Crippen molar-refractivity contribution in [3.8, 4) is 5.75 Å². The summed E-state index contributed by atoms with van der Waals surface area (Å²) in [4.78, 5) is 22.5. The Hall–Kier alpha value is -2.50. The first-order chi connectivity index (χ1) is 13.2. The molecule has 1 aromatic heterocycles. The maximum absolute atomic E-state index is 12.9. The van der Waals surface area contributed by atoms with Gasteiger partial charge in [-0.05, 0) is 25.1 Å². The van der Waals surface area contributed by atoms with Crippen LogP contribution >= 0.6 is 11.3 Å². The number of nitro groups is 1. The van der Waals surface area contributed by atoms with E-state index in [1.165, 1.54) is 34.0 Å². The third-order valence-corrected chi connectivity index (χ3v) is 6.80. The maximum atomic E-state index is 12.9. The molecule has 152 valence electrons. The van der Waals surface area contributed by atoms with Crippen molar-refractivity contribution < 1.29 is 22.9 Å². The Morgan fingerprint density at radius 3 is 2.46 bits per heavy atom. The summed E-state index contributed by atoms with van der Waals surface area (Å²) in [6.07, 6.45) is 0. The number of hydrogen-bond donors (Lipinski definition) is 1. The zero-order chi connectivity index (χ0) is 20.9. The fourth-order valence-electron chi connectivity index (χ4n) is 2.51. The van der Waals surface area contributed by atoms with Crippen LogP contribution in [-0.4, -0.2) is 43.2 Å². The molecule has 0 unspecified atom stereocenters. The van der Waals surface area contributed by atoms with E-state index in [1.807, 2.05) is 0 Å². The topological polar surface area (TPSA) is 119 Å². The van der Waals surface area contributed by atoms with Gasteiger partial charge >= 0.3 is 5.00 Å². The molecule has 0 atom stereocenters. The molecule has 0 fully saturated rings. The first-order valence-corrected chi connectivity index (χ1v) is 10.9. The fraction of sp³-hybridized carbons (Fsp3) is 0.353. The molecule has 2 aromatic rings. The number of nitrogens with zero attached hydrogens (tertiary/aromatic N) is 2. The Kier molecular flexibility index (Phi) is 7.11. The van der Waals surface area contributed by atoms with E-state index < -0.39 is 20.9 Å². The fourth-order valence-corrected chi connectivity index (χ4v) is 4.83. The zero-order valence-corrected chi connectivity index (χ0v) is 17.3. The van der Waals surface area contributed by atoms with Gasteiger partial charge in [0, 0.05) is 30.2 Å². The van der Waals surface area contributed by atoms with Crippen molar-refractivity contribution in [1.29, 1.82) is 0 Å². The highest BCUT2D eigenvalue weighted by Gasteiger charge is 2.26. The molecule has 1 heterocycles. The maximum Gasteiger partial charge on any atom is 0.324 e. The molecule has 0 saturated carbocycles. The third-order valence-electron chi connectivity index (χ3n) is 3.85. The largest absolute Gasteiger partial charge is 0.492 e. The minimum atomic E-state index is -3.81. The predicted molar refractivity (Wildman–Crippen MR) is 107 cm³/mol. The van der Waals surface area contributed by atoms with Crippen LogP contribution in [-0.2, 0) is 10.0 Å². The number of sulfonamides is 1. The van der Waals surface area contributed by atoms with Crippen molar-refractivity contribution in [1.82, 2.24) is 4.31 Å². The molecule has 0 spiro atoms. The lowest BCUT2D eigenvalue weighted by Crippen LogP contribution is -2.31. The van der Waals surface area contributed by atoms with Gasteiger partial charge in [0.15, 0.2) is 0 Å². The lowest BCUT2D eigenvalue weighted by molar-refractivity contribution is -0.380. The van der Waals surface area contributed by atoms with Crippen LogP contribution in [0.2, 0.25) is 0 Å². The summed E-state index contributed by atoms with van der Waals surface area (Å²) in [5, 5.41) is 14.6. The molecule has 0 radical (unpaired) electrons. The number of benzene rings is 1. The number of hydrogen-bond acceptors (Lipinski definition) is 7. The summed E-state index contributed by atoms with van der Waals surface area (Å²) in [6.45, 7) is 6.07. The number of carbonyl (C=O) groups is 1. The molecule has 28 heavy (non-hydrogen) atoms. The molecule has 0 saturated heterocycles. The molecule has 0 aliphatic rings. The van der Waals surface area contributed by atoms with Crippen molar-refractivity contribution in [2.24, 2.45) is 0 Å². The van der Waals surface area contributed by atoms with Gasteiger partial charge in [0.25, 0.3) is 5.91 Å². The number of rotatable bonds is 9. The molecule has 1 amide bonds. The highest BCUT2D eigenvalue weighted by atomic mass is 32.2. The smallest absolute Gasteiger partial charge is 0.324 e. The second-order valence-corrected chi connectivity index (χ2v) is 8.36. The van der Waals surface area contributed by atoms with Crippen molar-refractivity contribution in [2.45, 2.75) is 25.7 Å². The summed E-state index contributed by atoms with van der Waals surface area (Å²) in [5.74, 6) is -0.377. The van der Waals surface area contributed by atoms with E-state index in [2.05, 4.69) is 5.32 Å². The zero-order valence-electron chi connectivity index (χ0n) is 15.7. The molecular formula is C17H21N3O6S2. The van der Waals surface area contributed by atoms with Crippen LogP contribution in [0.3, 0.4) is 0 Å². The summed E-state index contributed by atoms with van der Waals surface area (Å²) in [7, 11) is -3.81. The minimum Gasteiger partial charge on any atom is -0.492 e. The van der Waals surface area contributed by atoms with E-state index in [0.29, 0.717) is 13.1 Å². The Balaban J connectivity index is 2.38. The Morgan fingerprint density at radius 1 is 1.25 bits per heavy atom. The minimum absolute atomic E-state index is 0.0489. The van der Waals surface area contributed by atoms with E-state index in [1.54, 1.807) is 20.8 Å². The van der Waals surface area contributed by atoms with E-state index in [-0.39, 0.29) is 33.5 Å². The van der Waals surface area contributed by atoms with Gasteiger partial charge in [-0.1, -0.05) is 25.2 Å². The van der Waals surface area contributed by atoms with Crippen LogP contribution in [0.5, 0.6) is 5.75 Å². The molecular weight excluding hydrogens is 406 g/mol. The Labute approximate surface area is 167 Å². The lowest BCUT2D eigenvalue weighted by Gasteiger charge is -2.21. The van der Waals surface area contributed by atoms with Gasteiger partial charge < -0.3 is 10.1 Å². The van der Waals surface area contributed by atoms with Crippen molar-refractivity contribution in [2.75, 3.05) is 25.0 Å². The average molecular weight is 428 g/mol. The summed E-state index contributed by atoms with van der Waals surface area (Å²) < 4.78 is 32.6. The quantitative estimate of drug-likeness (QED) is 0.484. The van der Waals surface area contributed by atoms with Gasteiger partial charge in [-0.2, -0.15) is 4.31 Å². The molecule has 1 aromatic carbocycles. The molecule has 0 aliphatic heterocycles. The van der Waals surface area contributed by atoms with Crippen LogP contribution in [0.4, 0.5) is 10.7 Å². The first-order valence-electron chi connectivity index (χ1n) is 8.55. The second-order valence-electron chi connectivity index (χ2n) is 5.57.